The SMILES string of the molecule is CC(C)(C)OC(=O)CCOCCN(CC(=O)N1CCN(C(=O)c2cc(Cc3n[nH]c(=O)c4ccccc34)ccc2F)CC1)C(=O)OCC1c2ccccc2-c2ccccc21. The number of halogens is 1. The van der Waals surface area contributed by atoms with E-state index in [-0.39, 0.29) is 94.9 Å². The molecule has 312 valence electrons. The predicted molar refractivity (Wildman–Crippen MR) is 222 cm³/mol. The number of aromatic amines is 1. The molecule has 7 rings (SSSR count). The van der Waals surface area contributed by atoms with E-state index in [2.05, 4.69) is 10.2 Å². The molecule has 60 heavy (non-hydrogen) atoms. The summed E-state index contributed by atoms with van der Waals surface area (Å²) in [6.07, 6.45) is -0.396. The first-order chi connectivity index (χ1) is 28.9. The van der Waals surface area contributed by atoms with E-state index in [4.69, 9.17) is 14.2 Å². The van der Waals surface area contributed by atoms with Gasteiger partial charge in [0.05, 0.1) is 36.3 Å². The van der Waals surface area contributed by atoms with E-state index in [0.717, 1.165) is 22.3 Å². The molecule has 2 aliphatic rings. The second-order valence-electron chi connectivity index (χ2n) is 15.9. The van der Waals surface area contributed by atoms with Gasteiger partial charge in [0.25, 0.3) is 11.5 Å². The minimum absolute atomic E-state index is 0.0230. The van der Waals surface area contributed by atoms with Gasteiger partial charge in [-0.1, -0.05) is 72.8 Å². The fourth-order valence-corrected chi connectivity index (χ4v) is 7.68. The van der Waals surface area contributed by atoms with Crippen molar-refractivity contribution in [3.8, 4) is 11.1 Å². The largest absolute Gasteiger partial charge is 0.460 e. The number of aromatic nitrogens is 2. The highest BCUT2D eigenvalue weighted by Crippen LogP contribution is 2.44. The zero-order valence-electron chi connectivity index (χ0n) is 33.9. The number of amides is 3. The normalized spacial score (nSPS) is 13.8. The van der Waals surface area contributed by atoms with Gasteiger partial charge in [-0.2, -0.15) is 5.10 Å². The first-order valence-corrected chi connectivity index (χ1v) is 20.1. The second kappa shape index (κ2) is 18.2. The Morgan fingerprint density at radius 1 is 0.833 bits per heavy atom. The molecule has 0 radical (unpaired) electrons. The van der Waals surface area contributed by atoms with Crippen molar-refractivity contribution in [1.29, 1.82) is 0 Å². The minimum Gasteiger partial charge on any atom is -0.460 e. The average Bonchev–Trinajstić information content (AvgIpc) is 3.56. The maximum atomic E-state index is 15.1. The van der Waals surface area contributed by atoms with Gasteiger partial charge >= 0.3 is 12.1 Å². The molecular formula is C46H48FN5O8. The maximum absolute atomic E-state index is 15.1. The summed E-state index contributed by atoms with van der Waals surface area (Å²) in [5.41, 5.74) is 4.47. The zero-order valence-corrected chi connectivity index (χ0v) is 33.9. The van der Waals surface area contributed by atoms with Crippen molar-refractivity contribution in [2.75, 3.05) is 59.1 Å². The van der Waals surface area contributed by atoms with E-state index in [0.29, 0.717) is 22.0 Å². The number of fused-ring (bicyclic) bond motifs is 4. The fraction of sp³-hybridized carbons (Fsp3) is 0.348. The Balaban J connectivity index is 0.973. The van der Waals surface area contributed by atoms with Crippen LogP contribution in [-0.4, -0.2) is 113 Å². The Morgan fingerprint density at radius 2 is 1.47 bits per heavy atom. The molecule has 1 saturated heterocycles. The first kappa shape index (κ1) is 41.7. The number of hydrogen-bond acceptors (Lipinski definition) is 9. The van der Waals surface area contributed by atoms with E-state index in [1.165, 1.54) is 21.9 Å². The molecule has 2 heterocycles. The Kier molecular flexibility index (Phi) is 12.7. The summed E-state index contributed by atoms with van der Waals surface area (Å²) >= 11 is 0. The van der Waals surface area contributed by atoms with Crippen molar-refractivity contribution in [2.24, 2.45) is 0 Å². The smallest absolute Gasteiger partial charge is 0.410 e. The number of hydrogen-bond donors (Lipinski definition) is 1. The van der Waals surface area contributed by atoms with Gasteiger partial charge in [-0.3, -0.25) is 24.1 Å². The van der Waals surface area contributed by atoms with E-state index in [9.17, 15) is 24.0 Å². The van der Waals surface area contributed by atoms with Crippen molar-refractivity contribution in [3.63, 3.8) is 0 Å². The summed E-state index contributed by atoms with van der Waals surface area (Å²) in [7, 11) is 0. The lowest BCUT2D eigenvalue weighted by molar-refractivity contribution is -0.156. The third-order valence-electron chi connectivity index (χ3n) is 10.6. The predicted octanol–water partition coefficient (Wildman–Crippen LogP) is 5.94. The quantitative estimate of drug-likeness (QED) is 0.113. The lowest BCUT2D eigenvalue weighted by Gasteiger charge is -2.36. The monoisotopic (exact) mass is 817 g/mol. The third-order valence-corrected chi connectivity index (χ3v) is 10.6. The summed E-state index contributed by atoms with van der Waals surface area (Å²) in [5.74, 6) is -2.12. The zero-order chi connectivity index (χ0) is 42.4. The van der Waals surface area contributed by atoms with E-state index < -0.39 is 29.4 Å². The highest BCUT2D eigenvalue weighted by atomic mass is 19.1. The standard InChI is InChI=1S/C46H48FN5O8/c1-46(2,3)60-42(54)18-24-58-25-23-52(45(57)59-29-38-33-12-6-4-10-31(33)32-11-5-7-13-34(32)38)28-41(53)50-19-21-51(22-20-50)44(56)37-26-30(16-17-39(37)47)27-40-35-14-8-9-15-36(35)43(55)49-48-40/h4-17,26,38H,18-25,27-29H2,1-3H3,(H,49,55). The number of piperazine rings is 1. The number of nitrogens with one attached hydrogen (secondary N) is 1. The van der Waals surface area contributed by atoms with Gasteiger partial charge in [0.1, 0.15) is 24.6 Å². The lowest BCUT2D eigenvalue weighted by atomic mass is 9.98. The molecule has 5 aromatic rings. The van der Waals surface area contributed by atoms with Crippen LogP contribution in [0.3, 0.4) is 0 Å². The number of esters is 1. The molecule has 0 bridgehead atoms. The molecule has 13 nitrogen and oxygen atoms in total. The molecule has 0 atom stereocenters. The van der Waals surface area contributed by atoms with Crippen LogP contribution in [0.25, 0.3) is 21.9 Å². The molecule has 0 spiro atoms. The van der Waals surface area contributed by atoms with Crippen molar-refractivity contribution in [1.82, 2.24) is 24.9 Å². The van der Waals surface area contributed by atoms with Crippen molar-refractivity contribution >= 4 is 34.6 Å². The number of ether oxygens (including phenoxy) is 3. The maximum Gasteiger partial charge on any atom is 0.410 e. The van der Waals surface area contributed by atoms with E-state index in [1.807, 2.05) is 54.6 Å². The molecule has 0 saturated carbocycles. The number of rotatable bonds is 13. The number of H-pyrrole nitrogens is 1. The summed E-state index contributed by atoms with van der Waals surface area (Å²) < 4.78 is 32.1. The summed E-state index contributed by atoms with van der Waals surface area (Å²) in [6, 6.07) is 27.4. The van der Waals surface area contributed by atoms with Crippen LogP contribution < -0.4 is 5.56 Å². The second-order valence-corrected chi connectivity index (χ2v) is 15.9. The third kappa shape index (κ3) is 9.71. The number of benzene rings is 4. The fourth-order valence-electron chi connectivity index (χ4n) is 7.68. The number of carbonyl (C=O) groups excluding carboxylic acids is 4. The van der Waals surface area contributed by atoms with Crippen LogP contribution in [0.5, 0.6) is 0 Å². The molecule has 3 amide bonds. The molecule has 1 fully saturated rings. The first-order valence-electron chi connectivity index (χ1n) is 20.1. The van der Waals surface area contributed by atoms with Crippen LogP contribution in [0, 0.1) is 5.82 Å². The summed E-state index contributed by atoms with van der Waals surface area (Å²) in [4.78, 5) is 69.9. The van der Waals surface area contributed by atoms with Crippen molar-refractivity contribution in [2.45, 2.75) is 45.1 Å². The molecule has 1 N–H and O–H groups in total. The van der Waals surface area contributed by atoms with Gasteiger partial charge in [0, 0.05) is 50.4 Å². The molecular weight excluding hydrogens is 770 g/mol. The lowest BCUT2D eigenvalue weighted by Crippen LogP contribution is -2.53. The molecule has 0 unspecified atom stereocenters. The van der Waals surface area contributed by atoms with Gasteiger partial charge in [-0.25, -0.2) is 14.3 Å². The van der Waals surface area contributed by atoms with Crippen LogP contribution >= 0.6 is 0 Å². The molecule has 4 aromatic carbocycles. The van der Waals surface area contributed by atoms with E-state index in [1.54, 1.807) is 49.9 Å². The Bertz CT molecular complexity index is 2410. The molecule has 14 heteroatoms. The summed E-state index contributed by atoms with van der Waals surface area (Å²) in [5, 5.41) is 7.87. The molecule has 1 aromatic heterocycles. The van der Waals surface area contributed by atoms with Crippen LogP contribution in [0.15, 0.2) is 95.8 Å². The highest BCUT2D eigenvalue weighted by molar-refractivity contribution is 5.95. The topological polar surface area (TPSA) is 151 Å². The van der Waals surface area contributed by atoms with Crippen LogP contribution in [0.4, 0.5) is 9.18 Å². The Labute approximate surface area is 347 Å². The Morgan fingerprint density at radius 3 is 2.15 bits per heavy atom. The Hall–Kier alpha value is -6.41. The van der Waals surface area contributed by atoms with Crippen molar-refractivity contribution < 1.29 is 37.8 Å². The van der Waals surface area contributed by atoms with Gasteiger partial charge in [-0.05, 0) is 66.8 Å². The average molecular weight is 818 g/mol. The minimum atomic E-state index is -0.685. The van der Waals surface area contributed by atoms with Gasteiger partial charge < -0.3 is 24.0 Å². The van der Waals surface area contributed by atoms with Crippen molar-refractivity contribution in [3.05, 3.63) is 135 Å². The number of nitrogens with zero attached hydrogens (tertiary/aromatic N) is 4. The molecule has 1 aliphatic heterocycles. The van der Waals surface area contributed by atoms with Crippen LogP contribution in [0.1, 0.15) is 65.9 Å². The van der Waals surface area contributed by atoms with Gasteiger partial charge in [0.15, 0.2) is 0 Å². The summed E-state index contributed by atoms with van der Waals surface area (Å²) in [6.45, 7) is 5.89. The van der Waals surface area contributed by atoms with Crippen LogP contribution in [-0.2, 0) is 30.2 Å². The van der Waals surface area contributed by atoms with Crippen LogP contribution in [0.2, 0.25) is 0 Å². The highest BCUT2D eigenvalue weighted by Gasteiger charge is 2.32. The number of carbonyl (C=O) groups is 4. The molecule has 1 aliphatic carbocycles. The van der Waals surface area contributed by atoms with E-state index >= 15 is 4.39 Å². The van der Waals surface area contributed by atoms with Gasteiger partial charge in [0.2, 0.25) is 5.91 Å². The van der Waals surface area contributed by atoms with Gasteiger partial charge in [-0.15, -0.1) is 0 Å².